The standard InChI is InChI=1S/C29H32BrCl2N3O4S/c1-20(2)17-33-29(37)27(16-21-10-5-4-6-11-21)34(18-22-24(31)13-9-14-25(22)32)28(36)19-35(40(3,38)39)26-15-8-7-12-23(26)30/h4-15,20,27H,16-19H2,1-3H3,(H,33,37)/t27-/m1/s1. The maximum Gasteiger partial charge on any atom is 0.244 e. The highest BCUT2D eigenvalue weighted by Crippen LogP contribution is 2.30. The second kappa shape index (κ2) is 14.3. The fraction of sp³-hybridized carbons (Fsp3) is 0.310. The van der Waals surface area contributed by atoms with Gasteiger partial charge < -0.3 is 10.2 Å². The number of nitrogens with zero attached hydrogens (tertiary/aromatic N) is 2. The summed E-state index contributed by atoms with van der Waals surface area (Å²) in [7, 11) is -3.88. The summed E-state index contributed by atoms with van der Waals surface area (Å²) < 4.78 is 27.3. The van der Waals surface area contributed by atoms with Gasteiger partial charge in [0.1, 0.15) is 12.6 Å². The summed E-state index contributed by atoms with van der Waals surface area (Å²) >= 11 is 16.4. The zero-order chi connectivity index (χ0) is 29.4. The highest BCUT2D eigenvalue weighted by Gasteiger charge is 2.34. The van der Waals surface area contributed by atoms with Crippen LogP contribution in [-0.4, -0.2) is 50.5 Å². The molecule has 3 aromatic rings. The molecule has 11 heteroatoms. The Morgan fingerprint density at radius 1 is 0.925 bits per heavy atom. The van der Waals surface area contributed by atoms with Gasteiger partial charge in [-0.05, 0) is 51.7 Å². The van der Waals surface area contributed by atoms with Gasteiger partial charge in [0.2, 0.25) is 21.8 Å². The second-order valence-electron chi connectivity index (χ2n) is 9.79. The van der Waals surface area contributed by atoms with Gasteiger partial charge in [-0.25, -0.2) is 8.42 Å². The molecule has 0 unspecified atom stereocenters. The molecule has 0 saturated carbocycles. The Bertz CT molecular complexity index is 1420. The van der Waals surface area contributed by atoms with Gasteiger partial charge in [-0.1, -0.05) is 85.6 Å². The monoisotopic (exact) mass is 667 g/mol. The molecule has 0 heterocycles. The minimum atomic E-state index is -3.88. The van der Waals surface area contributed by atoms with Crippen LogP contribution in [0.4, 0.5) is 5.69 Å². The van der Waals surface area contributed by atoms with E-state index >= 15 is 0 Å². The molecule has 214 valence electrons. The van der Waals surface area contributed by atoms with Crippen molar-refractivity contribution in [2.75, 3.05) is 23.7 Å². The molecule has 7 nitrogen and oxygen atoms in total. The second-order valence-corrected chi connectivity index (χ2v) is 13.4. The molecule has 1 atom stereocenters. The summed E-state index contributed by atoms with van der Waals surface area (Å²) in [6.07, 6.45) is 1.23. The highest BCUT2D eigenvalue weighted by atomic mass is 79.9. The van der Waals surface area contributed by atoms with Gasteiger partial charge in [0.25, 0.3) is 0 Å². The van der Waals surface area contributed by atoms with E-state index in [0.717, 1.165) is 16.1 Å². The van der Waals surface area contributed by atoms with Gasteiger partial charge in [-0.3, -0.25) is 13.9 Å². The zero-order valence-corrected chi connectivity index (χ0v) is 26.4. The van der Waals surface area contributed by atoms with E-state index in [1.54, 1.807) is 42.5 Å². The Morgan fingerprint density at radius 3 is 2.10 bits per heavy atom. The largest absolute Gasteiger partial charge is 0.354 e. The molecule has 1 N–H and O–H groups in total. The van der Waals surface area contributed by atoms with Crippen LogP contribution in [0.2, 0.25) is 10.0 Å². The van der Waals surface area contributed by atoms with Crippen LogP contribution in [0.15, 0.2) is 77.3 Å². The fourth-order valence-electron chi connectivity index (χ4n) is 4.08. The van der Waals surface area contributed by atoms with Crippen LogP contribution in [0, 0.1) is 5.92 Å². The molecular weight excluding hydrogens is 637 g/mol. The van der Waals surface area contributed by atoms with Crippen LogP contribution in [0.5, 0.6) is 0 Å². The van der Waals surface area contributed by atoms with Gasteiger partial charge in [0, 0.05) is 39.6 Å². The average Bonchev–Trinajstić information content (AvgIpc) is 2.89. The summed E-state index contributed by atoms with van der Waals surface area (Å²) in [5.41, 5.74) is 1.60. The number of amides is 2. The van der Waals surface area contributed by atoms with E-state index < -0.39 is 28.5 Å². The molecular formula is C29H32BrCl2N3O4S. The molecule has 0 bridgehead atoms. The lowest BCUT2D eigenvalue weighted by Crippen LogP contribution is -2.53. The van der Waals surface area contributed by atoms with E-state index in [1.165, 1.54) is 4.90 Å². The third-order valence-electron chi connectivity index (χ3n) is 6.15. The Hall–Kier alpha value is -2.59. The number of carbonyl (C=O) groups excluding carboxylic acids is 2. The van der Waals surface area contributed by atoms with Gasteiger partial charge in [0.15, 0.2) is 0 Å². The van der Waals surface area contributed by atoms with Crippen molar-refractivity contribution in [3.8, 4) is 0 Å². The van der Waals surface area contributed by atoms with E-state index in [9.17, 15) is 18.0 Å². The minimum Gasteiger partial charge on any atom is -0.354 e. The molecule has 0 radical (unpaired) electrons. The predicted molar refractivity (Wildman–Crippen MR) is 165 cm³/mol. The summed E-state index contributed by atoms with van der Waals surface area (Å²) in [4.78, 5) is 29.1. The normalized spacial score (nSPS) is 12.2. The average molecular weight is 669 g/mol. The number of rotatable bonds is 12. The van der Waals surface area contributed by atoms with E-state index in [1.807, 2.05) is 44.2 Å². The Kier molecular flexibility index (Phi) is 11.5. The predicted octanol–water partition coefficient (Wildman–Crippen LogP) is 5.93. The molecule has 40 heavy (non-hydrogen) atoms. The first-order valence-corrected chi connectivity index (χ1v) is 16.0. The first-order chi connectivity index (χ1) is 18.9. The van der Waals surface area contributed by atoms with Crippen LogP contribution >= 0.6 is 39.1 Å². The Morgan fingerprint density at radius 2 is 1.52 bits per heavy atom. The fourth-order valence-corrected chi connectivity index (χ4v) is 6.07. The van der Waals surface area contributed by atoms with Crippen molar-refractivity contribution in [2.24, 2.45) is 5.92 Å². The van der Waals surface area contributed by atoms with E-state index in [0.29, 0.717) is 32.3 Å². The van der Waals surface area contributed by atoms with Crippen molar-refractivity contribution in [3.63, 3.8) is 0 Å². The molecule has 0 aliphatic rings. The maximum absolute atomic E-state index is 14.1. The van der Waals surface area contributed by atoms with Crippen molar-refractivity contribution in [1.82, 2.24) is 10.2 Å². The Labute approximate surface area is 254 Å². The first-order valence-electron chi connectivity index (χ1n) is 12.6. The third-order valence-corrected chi connectivity index (χ3v) is 8.65. The van der Waals surface area contributed by atoms with Crippen LogP contribution in [-0.2, 0) is 32.6 Å². The van der Waals surface area contributed by atoms with Crippen LogP contribution in [0.1, 0.15) is 25.0 Å². The lowest BCUT2D eigenvalue weighted by molar-refractivity contribution is -0.140. The van der Waals surface area contributed by atoms with E-state index in [4.69, 9.17) is 23.2 Å². The summed E-state index contributed by atoms with van der Waals surface area (Å²) in [5.74, 6) is -0.765. The lowest BCUT2D eigenvalue weighted by atomic mass is 10.0. The number of nitrogens with one attached hydrogen (secondary N) is 1. The number of anilines is 1. The maximum atomic E-state index is 14.1. The molecule has 0 saturated heterocycles. The number of hydrogen-bond acceptors (Lipinski definition) is 4. The smallest absolute Gasteiger partial charge is 0.244 e. The first kappa shape index (κ1) is 31.9. The van der Waals surface area contributed by atoms with Gasteiger partial charge in [-0.2, -0.15) is 0 Å². The number of para-hydroxylation sites is 1. The summed E-state index contributed by atoms with van der Waals surface area (Å²) in [5, 5.41) is 3.60. The molecule has 3 rings (SSSR count). The summed E-state index contributed by atoms with van der Waals surface area (Å²) in [6, 6.07) is 20.1. The molecule has 0 aliphatic carbocycles. The minimum absolute atomic E-state index is 0.0997. The van der Waals surface area contributed by atoms with Crippen molar-refractivity contribution < 1.29 is 18.0 Å². The van der Waals surface area contributed by atoms with Crippen molar-refractivity contribution in [3.05, 3.63) is 98.4 Å². The number of halogens is 3. The highest BCUT2D eigenvalue weighted by molar-refractivity contribution is 9.10. The van der Waals surface area contributed by atoms with Crippen LogP contribution in [0.25, 0.3) is 0 Å². The zero-order valence-electron chi connectivity index (χ0n) is 22.5. The molecule has 0 fully saturated rings. The Balaban J connectivity index is 2.10. The topological polar surface area (TPSA) is 86.8 Å². The molecule has 2 amide bonds. The number of benzene rings is 3. The third kappa shape index (κ3) is 8.70. The number of carbonyl (C=O) groups is 2. The molecule has 0 spiro atoms. The number of sulfonamides is 1. The van der Waals surface area contributed by atoms with E-state index in [-0.39, 0.29) is 24.8 Å². The summed E-state index contributed by atoms with van der Waals surface area (Å²) in [6.45, 7) is 3.72. The number of hydrogen-bond donors (Lipinski definition) is 1. The van der Waals surface area contributed by atoms with Crippen molar-refractivity contribution in [1.29, 1.82) is 0 Å². The van der Waals surface area contributed by atoms with Gasteiger partial charge in [0.05, 0.1) is 11.9 Å². The molecule has 0 aromatic heterocycles. The molecule has 3 aromatic carbocycles. The van der Waals surface area contributed by atoms with Crippen molar-refractivity contribution >= 4 is 66.7 Å². The quantitative estimate of drug-likeness (QED) is 0.259. The molecule has 0 aliphatic heterocycles. The SMILES string of the molecule is CC(C)CNC(=O)[C@@H](Cc1ccccc1)N(Cc1c(Cl)cccc1Cl)C(=O)CN(c1ccccc1Br)S(C)(=O)=O. The van der Waals surface area contributed by atoms with Gasteiger partial charge >= 0.3 is 0 Å². The van der Waals surface area contributed by atoms with Crippen molar-refractivity contribution in [2.45, 2.75) is 32.9 Å². The lowest BCUT2D eigenvalue weighted by Gasteiger charge is -2.34. The van der Waals surface area contributed by atoms with Crippen LogP contribution < -0.4 is 9.62 Å². The van der Waals surface area contributed by atoms with E-state index in [2.05, 4.69) is 21.2 Å². The van der Waals surface area contributed by atoms with Gasteiger partial charge in [-0.15, -0.1) is 0 Å². The van der Waals surface area contributed by atoms with Crippen LogP contribution in [0.3, 0.4) is 0 Å².